The van der Waals surface area contributed by atoms with Crippen LogP contribution < -0.4 is 83.4 Å². The number of halogens is 5. The zero-order valence-corrected chi connectivity index (χ0v) is 68.9. The number of ether oxygens (including phenoxy) is 7. The van der Waals surface area contributed by atoms with E-state index in [1.807, 2.05) is 0 Å². The van der Waals surface area contributed by atoms with E-state index in [0.29, 0.717) is 11.3 Å². The molecule has 0 aliphatic carbocycles. The van der Waals surface area contributed by atoms with Crippen molar-refractivity contribution in [1.82, 2.24) is 53.4 Å². The Balaban J connectivity index is 1.00. The third kappa shape index (κ3) is 21.5. The first-order chi connectivity index (χ1) is 59.7. The minimum atomic E-state index is -4.96. The van der Waals surface area contributed by atoms with Gasteiger partial charge in [-0.3, -0.25) is 48.6 Å². The molecule has 0 aromatic heterocycles. The molecular weight excluding hydrogens is 1710 g/mol. The number of fused-ring (bicyclic) bond motifs is 15. The average molecular weight is 1800 g/mol. The number of carbonyl (C=O) groups is 9. The molecule has 7 aliphatic rings. The summed E-state index contributed by atoms with van der Waals surface area (Å²) in [4.78, 5) is 133. The van der Waals surface area contributed by atoms with Crippen LogP contribution in [0.15, 0.2) is 127 Å². The van der Waals surface area contributed by atoms with Crippen molar-refractivity contribution in [2.45, 2.75) is 169 Å². The molecule has 43 heteroatoms. The molecule has 14 rings (SSSR count). The van der Waals surface area contributed by atoms with Crippen molar-refractivity contribution in [2.24, 2.45) is 11.7 Å². The lowest BCUT2D eigenvalue weighted by Crippen LogP contribution is -2.65. The van der Waals surface area contributed by atoms with E-state index in [4.69, 9.17) is 57.4 Å². The fourth-order valence-corrected chi connectivity index (χ4v) is 15.4. The molecule has 0 radical (unpaired) electrons. The summed E-state index contributed by atoms with van der Waals surface area (Å²) in [5.74, 6) is -16.9. The number of hydrogen-bond acceptors (Lipinski definition) is 29. The fourth-order valence-electron chi connectivity index (χ4n) is 14.9. The third-order valence-corrected chi connectivity index (χ3v) is 22.0. The summed E-state index contributed by atoms with van der Waals surface area (Å²) < 4.78 is 81.7. The molecule has 7 aliphatic heterocycles. The smallest absolute Gasteiger partial charge is 0.508 e. The number of alkyl halides is 3. The zero-order valence-electron chi connectivity index (χ0n) is 67.4. The predicted molar refractivity (Wildman–Crippen MR) is 435 cm³/mol. The number of likely N-dealkylation sites (N-methyl/N-ethyl adjacent to an activating group) is 1. The highest BCUT2D eigenvalue weighted by atomic mass is 35.5. The summed E-state index contributed by atoms with van der Waals surface area (Å²) in [6.45, 7) is 4.89. The Morgan fingerprint density at radius 3 is 1.93 bits per heavy atom. The summed E-state index contributed by atoms with van der Waals surface area (Å²) >= 11 is 14.3. The summed E-state index contributed by atoms with van der Waals surface area (Å²) in [6.07, 6.45) is -24.5. The summed E-state index contributed by atoms with van der Waals surface area (Å²) in [7, 11) is 1.46. The maximum Gasteiger partial charge on any atom is 0.573 e. The number of nitrogens with one attached hydrogen (secondary N) is 11. The molecule has 11 bridgehead atoms. The van der Waals surface area contributed by atoms with Gasteiger partial charge in [0.2, 0.25) is 53.4 Å². The molecule has 7 aromatic rings. The van der Waals surface area contributed by atoms with Crippen LogP contribution >= 0.6 is 23.2 Å². The summed E-state index contributed by atoms with van der Waals surface area (Å²) in [5, 5.41) is 139. The second kappa shape index (κ2) is 39.4. The van der Waals surface area contributed by atoms with Crippen molar-refractivity contribution in [1.29, 1.82) is 0 Å². The van der Waals surface area contributed by atoms with Crippen molar-refractivity contribution in [3.63, 3.8) is 0 Å². The van der Waals surface area contributed by atoms with Gasteiger partial charge in [-0.25, -0.2) is 5.43 Å². The van der Waals surface area contributed by atoms with E-state index in [2.05, 4.69) is 63.4 Å². The lowest BCUT2D eigenvalue weighted by Gasteiger charge is -2.48. The van der Waals surface area contributed by atoms with E-state index in [1.54, 1.807) is 45.0 Å². The maximum atomic E-state index is 16.3. The molecule has 9 amide bonds. The van der Waals surface area contributed by atoms with E-state index in [0.717, 1.165) is 91.0 Å². The molecule has 1 unspecified atom stereocenters. The molecule has 2 fully saturated rings. The topological polar surface area (TPSA) is 579 Å². The van der Waals surface area contributed by atoms with Crippen LogP contribution in [-0.2, 0) is 59.1 Å². The number of aliphatic hydroxyl groups excluding tert-OH is 7. The van der Waals surface area contributed by atoms with Crippen molar-refractivity contribution in [3.05, 3.63) is 176 Å². The van der Waals surface area contributed by atoms with E-state index in [1.165, 1.54) is 26.1 Å². The highest BCUT2D eigenvalue weighted by molar-refractivity contribution is 6.32. The first-order valence-corrected chi connectivity index (χ1v) is 40.1. The van der Waals surface area contributed by atoms with Gasteiger partial charge >= 0.3 is 6.36 Å². The molecule has 38 nitrogen and oxygen atoms in total. The van der Waals surface area contributed by atoms with Gasteiger partial charge in [-0.1, -0.05) is 67.4 Å². The first-order valence-electron chi connectivity index (χ1n) is 39.3. The number of carbonyl (C=O) groups excluding carboxylic acids is 9. The van der Waals surface area contributed by atoms with Crippen molar-refractivity contribution in [3.8, 4) is 62.9 Å². The van der Waals surface area contributed by atoms with Crippen LogP contribution in [0.25, 0.3) is 11.1 Å². The molecule has 2 saturated heterocycles. The van der Waals surface area contributed by atoms with Gasteiger partial charge < -0.3 is 138 Å². The SMILES string of the molecule is CN[C@H](CC(C)C)C(=O)N[C@H]1C(=O)N[C@@H](CC(N)=O)C(=O)N[C@H]2C(=O)N[C@H]3C(=O)N[C@H](C(=O)N[C@@H](C(=O)NNCCO)c4cc(O)cc(O)c4-c4cc3ccc4O)[C@H](O)c3ccc(c(Cl)c3)Oc3cc2cc(c3OC2O[C@H](CO)[C@@H](O)[C@H](O)[C@H]2O[C@H]2C[C@@](C)(NCc3ccc(NC(=O)c4ccc(OC(F)(F)F)cc4)cc3)[C@H](O)[C@H](C)O2)Oc2ccc(cc2Cl)[C@H]1O. The van der Waals surface area contributed by atoms with Gasteiger partial charge in [0, 0.05) is 53.5 Å². The number of rotatable bonds is 22. The van der Waals surface area contributed by atoms with Gasteiger partial charge in [0.25, 0.3) is 11.8 Å². The normalized spacial score (nSPS) is 25.9. The van der Waals surface area contributed by atoms with Gasteiger partial charge in [-0.05, 0) is 158 Å². The monoisotopic (exact) mass is 1800 g/mol. The zero-order chi connectivity index (χ0) is 91.2. The van der Waals surface area contributed by atoms with E-state index in [9.17, 15) is 83.4 Å². The number of nitrogens with two attached hydrogens (primary N) is 1. The van der Waals surface area contributed by atoms with Crippen LogP contribution in [0.4, 0.5) is 18.9 Å². The number of amides is 9. The number of benzene rings is 7. The summed E-state index contributed by atoms with van der Waals surface area (Å²) in [6, 6.07) is 9.86. The van der Waals surface area contributed by atoms with Crippen LogP contribution in [-0.4, -0.2) is 216 Å². The van der Waals surface area contributed by atoms with Crippen LogP contribution in [0, 0.1) is 5.92 Å². The Hall–Kier alpha value is -11.8. The standard InChI is InChI=1S/C83H91Cl2F3N12O26/c1-34(2)22-49(90-5)74(113)98-64-66(107)39-11-18-53(47(84)24-39)121-55-26-41-27-56(70(55)125-81-71(69(110)68(109)57(33-102)123-81)124-59-31-82(4,72(111)35(3)120-59)91-32-36-6-13-42(14-7-36)93-73(112)37-8-15-44(16-9-37)126-83(86,87)88)122-54-19-12-40(25-48(54)85)67(108)65-79(118)97-63(80(119)100-92-20-21-101)46-28-43(103)29-52(105)60(46)45-23-38(10-17-51(45)104)61(76(115)99-65)96-77(116)62(41)95-75(114)50(30-58(89)106)94-78(64)117/h6-19,23-29,34-35,49-50,57,59,61-69,71-72,81,90-92,101-105,107-111H,20-22,30-33H2,1-5H3,(H2,89,106)(H,93,112)(H,94,117)(H,95,114)(H,96,116)(H,97,118)(H,98,113)(H,99,115)(H,100,119)/t35-,49+,50-,57+,59-,61+,62+,63+,64+,65-,66+,67+,68+,69-,71+,72+,81?,82+/m0/s1. The number of aromatic hydroxyl groups is 3. The average Bonchev–Trinajstić information content (AvgIpc) is 0.765. The lowest BCUT2D eigenvalue weighted by atomic mass is 9.84. The maximum absolute atomic E-state index is 16.3. The minimum Gasteiger partial charge on any atom is -0.508 e. The van der Waals surface area contributed by atoms with Crippen LogP contribution in [0.1, 0.15) is 121 Å². The number of anilines is 1. The van der Waals surface area contributed by atoms with E-state index in [-0.39, 0.29) is 59.9 Å². The molecular formula is C83H91Cl2F3N12O26. The molecule has 674 valence electrons. The van der Waals surface area contributed by atoms with Crippen molar-refractivity contribution in [2.75, 3.05) is 32.1 Å². The quantitative estimate of drug-likeness (QED) is 0.0342. The van der Waals surface area contributed by atoms with Crippen molar-refractivity contribution >= 4 is 82.1 Å². The van der Waals surface area contributed by atoms with E-state index >= 15 is 24.0 Å². The number of hydrazine groups is 1. The first kappa shape index (κ1) is 93.4. The fraction of sp³-hybridized carbons (Fsp3) is 0.386. The van der Waals surface area contributed by atoms with Crippen molar-refractivity contribution < 1.29 is 141 Å². The minimum absolute atomic E-state index is 0.0127. The van der Waals surface area contributed by atoms with Gasteiger partial charge in [-0.2, -0.15) is 0 Å². The Labute approximate surface area is 724 Å². The molecule has 126 heavy (non-hydrogen) atoms. The number of primary amides is 1. The van der Waals surface area contributed by atoms with Crippen LogP contribution in [0.2, 0.25) is 10.0 Å². The molecule has 0 spiro atoms. The van der Waals surface area contributed by atoms with Gasteiger partial charge in [0.05, 0.1) is 47.9 Å². The Kier molecular flexibility index (Phi) is 29.2. The van der Waals surface area contributed by atoms with E-state index < -0.39 is 267 Å². The number of hydrogen-bond donors (Lipinski definition) is 22. The molecule has 7 heterocycles. The Morgan fingerprint density at radius 1 is 0.690 bits per heavy atom. The third-order valence-electron chi connectivity index (χ3n) is 21.5. The predicted octanol–water partition coefficient (Wildman–Crippen LogP) is 2.62. The molecule has 7 aromatic carbocycles. The van der Waals surface area contributed by atoms with Crippen LogP contribution in [0.3, 0.4) is 0 Å². The summed E-state index contributed by atoms with van der Waals surface area (Å²) in [5.41, 5.74) is 7.24. The van der Waals surface area contributed by atoms with Gasteiger partial charge in [-0.15, -0.1) is 13.2 Å². The Bertz CT molecular complexity index is 5260. The number of aliphatic hydroxyl groups is 7. The molecule has 18 atom stereocenters. The second-order valence-electron chi connectivity index (χ2n) is 31.0. The van der Waals surface area contributed by atoms with Gasteiger partial charge in [0.1, 0.15) is 101 Å². The number of phenolic OH excluding ortho intramolecular Hbond substituents is 3. The lowest BCUT2D eigenvalue weighted by molar-refractivity contribution is -0.334. The molecule has 23 N–H and O–H groups in total. The van der Waals surface area contributed by atoms with Crippen LogP contribution in [0.5, 0.6) is 51.7 Å². The van der Waals surface area contributed by atoms with Gasteiger partial charge in [0.15, 0.2) is 23.9 Å². The highest BCUT2D eigenvalue weighted by Crippen LogP contribution is 2.50. The molecule has 0 saturated carbocycles. The Morgan fingerprint density at radius 2 is 1.32 bits per heavy atom. The second-order valence-corrected chi connectivity index (χ2v) is 31.8. The highest BCUT2D eigenvalue weighted by Gasteiger charge is 2.53. The largest absolute Gasteiger partial charge is 0.573 e. The number of phenols is 3.